The molecule has 1 amide bonds. The van der Waals surface area contributed by atoms with Crippen molar-refractivity contribution in [3.63, 3.8) is 0 Å². The summed E-state index contributed by atoms with van der Waals surface area (Å²) in [5, 5.41) is 0. The maximum absolute atomic E-state index is 12.1. The Morgan fingerprint density at radius 3 is 2.60 bits per heavy atom. The first-order chi connectivity index (χ1) is 9.40. The van der Waals surface area contributed by atoms with Gasteiger partial charge < -0.3 is 5.73 Å². The highest BCUT2D eigenvalue weighted by molar-refractivity contribution is 7.89. The topological polar surface area (TPSA) is 98.5 Å². The van der Waals surface area contributed by atoms with Gasteiger partial charge in [-0.1, -0.05) is 23.8 Å². The number of benzene rings is 1. The van der Waals surface area contributed by atoms with E-state index < -0.39 is 15.9 Å². The van der Waals surface area contributed by atoms with E-state index in [1.54, 1.807) is 13.0 Å². The molecule has 0 unspecified atom stereocenters. The van der Waals surface area contributed by atoms with Crippen molar-refractivity contribution in [2.75, 3.05) is 0 Å². The molecule has 7 heteroatoms. The Kier molecular flexibility index (Phi) is 4.42. The quantitative estimate of drug-likeness (QED) is 0.799. The van der Waals surface area contributed by atoms with Crippen molar-refractivity contribution in [3.8, 4) is 0 Å². The lowest BCUT2D eigenvalue weighted by molar-refractivity contribution is 0.0223. The minimum absolute atomic E-state index is 0.0325. The third-order valence-corrected chi connectivity index (χ3v) is 4.60. The van der Waals surface area contributed by atoms with Crippen molar-refractivity contribution in [2.45, 2.75) is 43.6 Å². The van der Waals surface area contributed by atoms with E-state index in [2.05, 4.69) is 4.89 Å². The highest BCUT2D eigenvalue weighted by Crippen LogP contribution is 2.21. The van der Waals surface area contributed by atoms with Crippen molar-refractivity contribution in [1.29, 1.82) is 0 Å². The second-order valence-electron chi connectivity index (χ2n) is 4.95. The average Bonchev–Trinajstić information content (AvgIpc) is 2.89. The largest absolute Gasteiger partial charge is 0.366 e. The molecule has 1 fully saturated rings. The SMILES string of the molecule is Cc1ccc(S(=O)(=O)NOC2CCCC2)cc1C(N)=O. The van der Waals surface area contributed by atoms with Gasteiger partial charge in [-0.2, -0.15) is 0 Å². The predicted octanol–water partition coefficient (Wildman–Crippen LogP) is 1.25. The van der Waals surface area contributed by atoms with Crippen LogP contribution in [0.3, 0.4) is 0 Å². The van der Waals surface area contributed by atoms with Crippen LogP contribution < -0.4 is 10.6 Å². The van der Waals surface area contributed by atoms with Crippen LogP contribution in [0.1, 0.15) is 41.6 Å². The molecule has 1 aromatic carbocycles. The number of carbonyl (C=O) groups is 1. The summed E-state index contributed by atoms with van der Waals surface area (Å²) in [4.78, 5) is 18.5. The van der Waals surface area contributed by atoms with E-state index in [4.69, 9.17) is 10.6 Å². The molecular formula is C13H18N2O4S. The maximum Gasteiger partial charge on any atom is 0.262 e. The zero-order valence-corrected chi connectivity index (χ0v) is 12.1. The van der Waals surface area contributed by atoms with Gasteiger partial charge in [0.1, 0.15) is 0 Å². The second-order valence-corrected chi connectivity index (χ2v) is 6.60. The summed E-state index contributed by atoms with van der Waals surface area (Å²) in [5.41, 5.74) is 6.04. The first-order valence-electron chi connectivity index (χ1n) is 6.48. The molecule has 110 valence electrons. The highest BCUT2D eigenvalue weighted by atomic mass is 32.2. The summed E-state index contributed by atoms with van der Waals surface area (Å²) in [6, 6.07) is 4.23. The fourth-order valence-corrected chi connectivity index (χ4v) is 3.10. The Labute approximate surface area is 118 Å². The smallest absolute Gasteiger partial charge is 0.262 e. The van der Waals surface area contributed by atoms with Crippen LogP contribution in [0.5, 0.6) is 0 Å². The molecule has 1 aromatic rings. The molecule has 1 aliphatic rings. The zero-order chi connectivity index (χ0) is 14.8. The van der Waals surface area contributed by atoms with Crippen LogP contribution in [0.15, 0.2) is 23.1 Å². The van der Waals surface area contributed by atoms with Gasteiger partial charge in [-0.05, 0) is 37.5 Å². The molecule has 1 saturated carbocycles. The Morgan fingerprint density at radius 2 is 2.00 bits per heavy atom. The number of amides is 1. The number of hydrogen-bond donors (Lipinski definition) is 2. The summed E-state index contributed by atoms with van der Waals surface area (Å²) in [5.74, 6) is -0.656. The van der Waals surface area contributed by atoms with Gasteiger partial charge >= 0.3 is 0 Å². The average molecular weight is 298 g/mol. The zero-order valence-electron chi connectivity index (χ0n) is 11.3. The number of nitrogens with two attached hydrogens (primary N) is 1. The number of aryl methyl sites for hydroxylation is 1. The molecule has 0 aliphatic heterocycles. The van der Waals surface area contributed by atoms with Gasteiger partial charge in [0.25, 0.3) is 10.0 Å². The lowest BCUT2D eigenvalue weighted by Crippen LogP contribution is -2.28. The first kappa shape index (κ1) is 15.0. The number of carbonyl (C=O) groups excluding carboxylic acids is 1. The fourth-order valence-electron chi connectivity index (χ4n) is 2.22. The number of sulfonamides is 1. The molecule has 1 aliphatic carbocycles. The molecule has 0 aromatic heterocycles. The number of rotatable bonds is 5. The van der Waals surface area contributed by atoms with Crippen molar-refractivity contribution >= 4 is 15.9 Å². The van der Waals surface area contributed by atoms with E-state index in [0.29, 0.717) is 5.56 Å². The number of primary amides is 1. The van der Waals surface area contributed by atoms with Crippen molar-refractivity contribution in [2.24, 2.45) is 5.73 Å². The maximum atomic E-state index is 12.1. The van der Waals surface area contributed by atoms with Crippen LogP contribution >= 0.6 is 0 Å². The van der Waals surface area contributed by atoms with E-state index in [-0.39, 0.29) is 16.6 Å². The van der Waals surface area contributed by atoms with E-state index in [9.17, 15) is 13.2 Å². The van der Waals surface area contributed by atoms with Gasteiger partial charge in [0.2, 0.25) is 5.91 Å². The Bertz CT molecular complexity index is 607. The van der Waals surface area contributed by atoms with Crippen molar-refractivity contribution < 1.29 is 18.0 Å². The van der Waals surface area contributed by atoms with Gasteiger partial charge in [-0.3, -0.25) is 9.63 Å². The third kappa shape index (κ3) is 3.36. The van der Waals surface area contributed by atoms with Crippen molar-refractivity contribution in [3.05, 3.63) is 29.3 Å². The highest BCUT2D eigenvalue weighted by Gasteiger charge is 2.21. The van der Waals surface area contributed by atoms with E-state index in [0.717, 1.165) is 25.7 Å². The summed E-state index contributed by atoms with van der Waals surface area (Å²) in [6.07, 6.45) is 3.71. The van der Waals surface area contributed by atoms with Crippen LogP contribution in [-0.4, -0.2) is 20.4 Å². The molecule has 0 saturated heterocycles. The Morgan fingerprint density at radius 1 is 1.35 bits per heavy atom. The van der Waals surface area contributed by atoms with Gasteiger partial charge in [-0.15, -0.1) is 0 Å². The lowest BCUT2D eigenvalue weighted by atomic mass is 10.1. The molecule has 2 rings (SSSR count). The van der Waals surface area contributed by atoms with Crippen LogP contribution in [0.2, 0.25) is 0 Å². The summed E-state index contributed by atoms with van der Waals surface area (Å²) >= 11 is 0. The molecule has 0 spiro atoms. The monoisotopic (exact) mass is 298 g/mol. The van der Waals surface area contributed by atoms with Gasteiger partial charge in [-0.25, -0.2) is 8.42 Å². The summed E-state index contributed by atoms with van der Waals surface area (Å²) in [7, 11) is -3.80. The molecule has 20 heavy (non-hydrogen) atoms. The Balaban J connectivity index is 2.16. The van der Waals surface area contributed by atoms with E-state index in [1.165, 1.54) is 12.1 Å². The fraction of sp³-hybridized carbons (Fsp3) is 0.462. The van der Waals surface area contributed by atoms with Crippen LogP contribution in [0, 0.1) is 6.92 Å². The van der Waals surface area contributed by atoms with Gasteiger partial charge in [0.05, 0.1) is 11.0 Å². The third-order valence-electron chi connectivity index (χ3n) is 3.41. The molecule has 0 bridgehead atoms. The molecule has 3 N–H and O–H groups in total. The van der Waals surface area contributed by atoms with Gasteiger partial charge in [0.15, 0.2) is 0 Å². The van der Waals surface area contributed by atoms with Crippen LogP contribution in [0.25, 0.3) is 0 Å². The van der Waals surface area contributed by atoms with E-state index in [1.807, 2.05) is 0 Å². The number of nitrogens with one attached hydrogen (secondary N) is 1. The van der Waals surface area contributed by atoms with Gasteiger partial charge in [0, 0.05) is 5.56 Å². The standard InChI is InChI=1S/C13H18N2O4S/c1-9-6-7-11(8-12(9)13(14)16)20(17,18)15-19-10-4-2-3-5-10/h6-8,10,15H,2-5H2,1H3,(H2,14,16). The Hall–Kier alpha value is -1.44. The van der Waals surface area contributed by atoms with Crippen LogP contribution in [0.4, 0.5) is 0 Å². The summed E-state index contributed by atoms with van der Waals surface area (Å²) in [6.45, 7) is 1.69. The number of hydrogen-bond acceptors (Lipinski definition) is 4. The van der Waals surface area contributed by atoms with Crippen LogP contribution in [-0.2, 0) is 14.9 Å². The first-order valence-corrected chi connectivity index (χ1v) is 7.96. The molecule has 0 heterocycles. The van der Waals surface area contributed by atoms with E-state index >= 15 is 0 Å². The minimum Gasteiger partial charge on any atom is -0.366 e. The molecule has 0 radical (unpaired) electrons. The predicted molar refractivity (Wildman–Crippen MR) is 73.4 cm³/mol. The lowest BCUT2D eigenvalue weighted by Gasteiger charge is -2.13. The van der Waals surface area contributed by atoms with Crippen molar-refractivity contribution in [1.82, 2.24) is 4.89 Å². The molecule has 0 atom stereocenters. The second kappa shape index (κ2) is 5.90. The molecule has 6 nitrogen and oxygen atoms in total. The summed E-state index contributed by atoms with van der Waals surface area (Å²) < 4.78 is 24.2. The normalized spacial score (nSPS) is 16.4. The molecular weight excluding hydrogens is 280 g/mol. The minimum atomic E-state index is -3.80.